The van der Waals surface area contributed by atoms with E-state index in [2.05, 4.69) is 26.8 Å². The summed E-state index contributed by atoms with van der Waals surface area (Å²) in [6, 6.07) is 5.97. The Morgan fingerprint density at radius 1 is 1.06 bits per heavy atom. The predicted molar refractivity (Wildman–Crippen MR) is 74.6 cm³/mol. The van der Waals surface area contributed by atoms with Gasteiger partial charge in [0.1, 0.15) is 5.75 Å². The Hall–Kier alpha value is -0.980. The summed E-state index contributed by atoms with van der Waals surface area (Å²) in [5.41, 5.74) is 2.40. The molecule has 1 N–H and O–H groups in total. The van der Waals surface area contributed by atoms with Crippen LogP contribution in [0.15, 0.2) is 18.2 Å². The Labute approximate surface area is 106 Å². The van der Waals surface area contributed by atoms with Crippen molar-refractivity contribution in [2.24, 2.45) is 0 Å². The maximum absolute atomic E-state index is 9.99. The van der Waals surface area contributed by atoms with Crippen LogP contribution in [-0.4, -0.2) is 5.11 Å². The van der Waals surface area contributed by atoms with E-state index >= 15 is 0 Å². The van der Waals surface area contributed by atoms with E-state index in [1.807, 2.05) is 12.1 Å². The molecule has 0 aromatic heterocycles. The lowest BCUT2D eigenvalue weighted by Crippen LogP contribution is -2.00. The van der Waals surface area contributed by atoms with Gasteiger partial charge in [0.05, 0.1) is 0 Å². The summed E-state index contributed by atoms with van der Waals surface area (Å²) in [6.07, 6.45) is 7.41. The van der Waals surface area contributed by atoms with Crippen LogP contribution in [-0.2, 0) is 0 Å². The van der Waals surface area contributed by atoms with Crippen LogP contribution in [0.2, 0.25) is 0 Å². The van der Waals surface area contributed by atoms with Crippen molar-refractivity contribution >= 4 is 0 Å². The maximum Gasteiger partial charge on any atom is 0.119 e. The number of phenolic OH excluding ortho intramolecular Hbond substituents is 1. The number of hydrogen-bond donors (Lipinski definition) is 1. The Morgan fingerprint density at radius 2 is 1.82 bits per heavy atom. The summed E-state index contributed by atoms with van der Waals surface area (Å²) in [7, 11) is 0. The predicted octanol–water partition coefficient (Wildman–Crippen LogP) is 5.16. The molecule has 0 aliphatic rings. The van der Waals surface area contributed by atoms with Gasteiger partial charge >= 0.3 is 0 Å². The van der Waals surface area contributed by atoms with Gasteiger partial charge in [-0.15, -0.1) is 0 Å². The molecule has 0 bridgehead atoms. The Bertz CT molecular complexity index is 330. The topological polar surface area (TPSA) is 20.2 Å². The third-order valence-corrected chi connectivity index (χ3v) is 3.42. The lowest BCUT2D eigenvalue weighted by molar-refractivity contribution is 0.446. The summed E-state index contributed by atoms with van der Waals surface area (Å²) in [4.78, 5) is 0. The highest BCUT2D eigenvalue weighted by molar-refractivity contribution is 5.38. The fourth-order valence-corrected chi connectivity index (χ4v) is 2.45. The maximum atomic E-state index is 9.99. The lowest BCUT2D eigenvalue weighted by Gasteiger charge is -2.18. The second-order valence-corrected chi connectivity index (χ2v) is 5.04. The minimum atomic E-state index is 0.477. The van der Waals surface area contributed by atoms with Crippen molar-refractivity contribution in [1.29, 1.82) is 0 Å². The number of aryl methyl sites for hydroxylation is 1. The molecule has 0 saturated heterocycles. The highest BCUT2D eigenvalue weighted by atomic mass is 16.3. The molecule has 1 aromatic carbocycles. The zero-order valence-electron chi connectivity index (χ0n) is 11.5. The van der Waals surface area contributed by atoms with Crippen LogP contribution in [0.1, 0.15) is 69.4 Å². The molecule has 0 amide bonds. The summed E-state index contributed by atoms with van der Waals surface area (Å²) >= 11 is 0. The van der Waals surface area contributed by atoms with Gasteiger partial charge < -0.3 is 5.11 Å². The normalized spacial score (nSPS) is 12.6. The molecule has 1 nitrogen and oxygen atoms in total. The second kappa shape index (κ2) is 7.37. The Morgan fingerprint density at radius 3 is 2.47 bits per heavy atom. The molecule has 0 aliphatic heterocycles. The fourth-order valence-electron chi connectivity index (χ4n) is 2.45. The van der Waals surface area contributed by atoms with Gasteiger partial charge in [0.2, 0.25) is 0 Å². The molecule has 0 radical (unpaired) electrons. The summed E-state index contributed by atoms with van der Waals surface area (Å²) in [6.45, 7) is 6.55. The van der Waals surface area contributed by atoms with E-state index in [0.29, 0.717) is 11.7 Å². The van der Waals surface area contributed by atoms with Gasteiger partial charge in [0, 0.05) is 0 Å². The van der Waals surface area contributed by atoms with Crippen molar-refractivity contribution in [2.45, 2.75) is 65.2 Å². The van der Waals surface area contributed by atoms with Gasteiger partial charge in [-0.3, -0.25) is 0 Å². The van der Waals surface area contributed by atoms with Gasteiger partial charge in [-0.1, -0.05) is 57.2 Å². The molecule has 1 unspecified atom stereocenters. The number of benzene rings is 1. The summed E-state index contributed by atoms with van der Waals surface area (Å²) in [5.74, 6) is 1.01. The van der Waals surface area contributed by atoms with Crippen LogP contribution in [0.25, 0.3) is 0 Å². The number of phenols is 1. The van der Waals surface area contributed by atoms with Crippen LogP contribution in [0.3, 0.4) is 0 Å². The van der Waals surface area contributed by atoms with E-state index in [-0.39, 0.29) is 0 Å². The van der Waals surface area contributed by atoms with E-state index in [1.165, 1.54) is 44.1 Å². The van der Waals surface area contributed by atoms with Crippen LogP contribution >= 0.6 is 0 Å². The molecule has 0 saturated carbocycles. The van der Waals surface area contributed by atoms with E-state index in [0.717, 1.165) is 5.56 Å². The third-order valence-electron chi connectivity index (χ3n) is 3.42. The number of hydrogen-bond acceptors (Lipinski definition) is 1. The van der Waals surface area contributed by atoms with Gasteiger partial charge in [0.15, 0.2) is 0 Å². The minimum absolute atomic E-state index is 0.477. The molecule has 0 spiro atoms. The second-order valence-electron chi connectivity index (χ2n) is 5.04. The first-order valence-corrected chi connectivity index (χ1v) is 6.98. The Kier molecular flexibility index (Phi) is 6.10. The standard InChI is InChI=1S/C16H26O/c1-4-6-7-9-14(8-5-2)15-12-13(3)10-11-16(15)17/h10-12,14,17H,4-9H2,1-3H3. The van der Waals surface area contributed by atoms with Gasteiger partial charge in [-0.2, -0.15) is 0 Å². The number of rotatable bonds is 7. The first-order chi connectivity index (χ1) is 8.19. The van der Waals surface area contributed by atoms with Crippen LogP contribution < -0.4 is 0 Å². The first-order valence-electron chi connectivity index (χ1n) is 6.98. The van der Waals surface area contributed by atoms with Gasteiger partial charge in [-0.05, 0) is 37.3 Å². The molecule has 1 atom stereocenters. The van der Waals surface area contributed by atoms with Gasteiger partial charge in [0.25, 0.3) is 0 Å². The average Bonchev–Trinajstić information content (AvgIpc) is 2.32. The van der Waals surface area contributed by atoms with Crippen molar-refractivity contribution in [3.05, 3.63) is 29.3 Å². The van der Waals surface area contributed by atoms with E-state index in [4.69, 9.17) is 0 Å². The minimum Gasteiger partial charge on any atom is -0.508 e. The third kappa shape index (κ3) is 4.41. The molecule has 1 aromatic rings. The molecular formula is C16H26O. The molecule has 0 fully saturated rings. The van der Waals surface area contributed by atoms with Crippen molar-refractivity contribution in [3.8, 4) is 5.75 Å². The first kappa shape index (κ1) is 14.1. The van der Waals surface area contributed by atoms with Crippen molar-refractivity contribution < 1.29 is 5.11 Å². The highest BCUT2D eigenvalue weighted by Crippen LogP contribution is 2.33. The van der Waals surface area contributed by atoms with Crippen LogP contribution in [0.4, 0.5) is 0 Å². The van der Waals surface area contributed by atoms with Crippen LogP contribution in [0.5, 0.6) is 5.75 Å². The zero-order chi connectivity index (χ0) is 12.7. The van der Waals surface area contributed by atoms with Crippen molar-refractivity contribution in [3.63, 3.8) is 0 Å². The average molecular weight is 234 g/mol. The van der Waals surface area contributed by atoms with E-state index in [1.54, 1.807) is 0 Å². The smallest absolute Gasteiger partial charge is 0.119 e. The largest absolute Gasteiger partial charge is 0.508 e. The highest BCUT2D eigenvalue weighted by Gasteiger charge is 2.14. The molecule has 0 heterocycles. The molecule has 1 rings (SSSR count). The van der Waals surface area contributed by atoms with E-state index in [9.17, 15) is 5.11 Å². The molecule has 17 heavy (non-hydrogen) atoms. The van der Waals surface area contributed by atoms with Crippen LogP contribution in [0, 0.1) is 6.92 Å². The van der Waals surface area contributed by atoms with Crippen molar-refractivity contribution in [1.82, 2.24) is 0 Å². The fraction of sp³-hybridized carbons (Fsp3) is 0.625. The SMILES string of the molecule is CCCCCC(CCC)c1cc(C)ccc1O. The quantitative estimate of drug-likeness (QED) is 0.646. The summed E-state index contributed by atoms with van der Waals surface area (Å²) < 4.78 is 0. The van der Waals surface area contributed by atoms with Gasteiger partial charge in [-0.25, -0.2) is 0 Å². The lowest BCUT2D eigenvalue weighted by atomic mass is 9.88. The number of unbranched alkanes of at least 4 members (excludes halogenated alkanes) is 2. The Balaban J connectivity index is 2.77. The zero-order valence-corrected chi connectivity index (χ0v) is 11.5. The molecule has 1 heteroatoms. The molecular weight excluding hydrogens is 208 g/mol. The monoisotopic (exact) mass is 234 g/mol. The number of aromatic hydroxyl groups is 1. The summed E-state index contributed by atoms with van der Waals surface area (Å²) in [5, 5.41) is 9.99. The molecule has 96 valence electrons. The van der Waals surface area contributed by atoms with Crippen molar-refractivity contribution in [2.75, 3.05) is 0 Å². The molecule has 0 aliphatic carbocycles. The van der Waals surface area contributed by atoms with E-state index < -0.39 is 0 Å².